The number of carbonyl (C=O) groups is 3. The Morgan fingerprint density at radius 3 is 2.25 bits per heavy atom. The largest absolute Gasteiger partial charge is 0.339 e. The SMILES string of the molecule is O=C1C(=O)N(C2CCCCC2)C(=O)N1c1ccc2ccccc2c1. The minimum atomic E-state index is -0.749. The number of hydrogen-bond acceptors (Lipinski definition) is 3. The Bertz CT molecular complexity index is 839. The van der Waals surface area contributed by atoms with E-state index in [0.29, 0.717) is 5.69 Å². The van der Waals surface area contributed by atoms with Crippen molar-refractivity contribution in [1.29, 1.82) is 0 Å². The van der Waals surface area contributed by atoms with Gasteiger partial charge in [-0.05, 0) is 35.7 Å². The number of nitrogens with zero attached hydrogens (tertiary/aromatic N) is 2. The molecule has 1 aliphatic heterocycles. The summed E-state index contributed by atoms with van der Waals surface area (Å²) in [4.78, 5) is 39.8. The third-order valence-electron chi connectivity index (χ3n) is 4.93. The molecule has 0 aromatic heterocycles. The molecule has 1 saturated carbocycles. The number of amides is 4. The van der Waals surface area contributed by atoms with Crippen LogP contribution < -0.4 is 4.90 Å². The van der Waals surface area contributed by atoms with E-state index in [1.807, 2.05) is 30.3 Å². The molecule has 0 bridgehead atoms. The number of rotatable bonds is 2. The van der Waals surface area contributed by atoms with Crippen molar-refractivity contribution in [3.63, 3.8) is 0 Å². The van der Waals surface area contributed by atoms with Gasteiger partial charge in [0, 0.05) is 6.04 Å². The Morgan fingerprint density at radius 2 is 1.50 bits per heavy atom. The van der Waals surface area contributed by atoms with E-state index >= 15 is 0 Å². The van der Waals surface area contributed by atoms with E-state index in [0.717, 1.165) is 47.8 Å². The van der Waals surface area contributed by atoms with Crippen molar-refractivity contribution in [2.24, 2.45) is 0 Å². The topological polar surface area (TPSA) is 57.7 Å². The molecule has 2 aliphatic rings. The van der Waals surface area contributed by atoms with Gasteiger partial charge in [0.2, 0.25) is 0 Å². The van der Waals surface area contributed by atoms with Crippen LogP contribution in [0.15, 0.2) is 42.5 Å². The van der Waals surface area contributed by atoms with Crippen molar-refractivity contribution in [2.75, 3.05) is 4.90 Å². The van der Waals surface area contributed by atoms with E-state index in [1.54, 1.807) is 12.1 Å². The van der Waals surface area contributed by atoms with Crippen LogP contribution in [0.2, 0.25) is 0 Å². The fourth-order valence-corrected chi connectivity index (χ4v) is 3.68. The van der Waals surface area contributed by atoms with Crippen LogP contribution in [-0.2, 0) is 9.59 Å². The predicted octanol–water partition coefficient (Wildman–Crippen LogP) is 3.47. The zero-order valence-corrected chi connectivity index (χ0v) is 13.3. The summed E-state index contributed by atoms with van der Waals surface area (Å²) < 4.78 is 0. The highest BCUT2D eigenvalue weighted by atomic mass is 16.2. The highest BCUT2D eigenvalue weighted by molar-refractivity contribution is 6.53. The molecule has 0 N–H and O–H groups in total. The third kappa shape index (κ3) is 2.28. The molecule has 0 radical (unpaired) electrons. The molecule has 0 unspecified atom stereocenters. The van der Waals surface area contributed by atoms with E-state index in [1.165, 1.54) is 4.90 Å². The summed E-state index contributed by atoms with van der Waals surface area (Å²) in [7, 11) is 0. The molecular weight excluding hydrogens is 304 g/mol. The third-order valence-corrected chi connectivity index (χ3v) is 4.93. The lowest BCUT2D eigenvalue weighted by Gasteiger charge is -2.28. The number of benzene rings is 2. The highest BCUT2D eigenvalue weighted by Gasteiger charge is 2.48. The van der Waals surface area contributed by atoms with Crippen molar-refractivity contribution in [1.82, 2.24) is 4.90 Å². The van der Waals surface area contributed by atoms with Gasteiger partial charge in [0.15, 0.2) is 0 Å². The molecule has 0 atom stereocenters. The summed E-state index contributed by atoms with van der Waals surface area (Å²) in [5, 5.41) is 1.95. The van der Waals surface area contributed by atoms with Crippen LogP contribution in [0.25, 0.3) is 10.8 Å². The summed E-state index contributed by atoms with van der Waals surface area (Å²) in [5.41, 5.74) is 0.454. The first-order valence-electron chi connectivity index (χ1n) is 8.37. The van der Waals surface area contributed by atoms with Gasteiger partial charge in [0.1, 0.15) is 0 Å². The summed E-state index contributed by atoms with van der Waals surface area (Å²) in [6.45, 7) is 0. The zero-order valence-electron chi connectivity index (χ0n) is 13.3. The van der Waals surface area contributed by atoms with Crippen LogP contribution in [0.4, 0.5) is 10.5 Å². The average Bonchev–Trinajstić information content (AvgIpc) is 2.84. The van der Waals surface area contributed by atoms with Gasteiger partial charge in [-0.25, -0.2) is 9.69 Å². The van der Waals surface area contributed by atoms with E-state index in [2.05, 4.69) is 0 Å². The minimum absolute atomic E-state index is 0.145. The Labute approximate surface area is 139 Å². The van der Waals surface area contributed by atoms with Crippen LogP contribution >= 0.6 is 0 Å². The Morgan fingerprint density at radius 1 is 0.792 bits per heavy atom. The number of imide groups is 2. The first-order chi connectivity index (χ1) is 11.7. The average molecular weight is 322 g/mol. The van der Waals surface area contributed by atoms with Crippen LogP contribution in [0.1, 0.15) is 32.1 Å². The van der Waals surface area contributed by atoms with Crippen molar-refractivity contribution in [2.45, 2.75) is 38.1 Å². The van der Waals surface area contributed by atoms with Crippen LogP contribution in [0, 0.1) is 0 Å². The molecule has 1 heterocycles. The van der Waals surface area contributed by atoms with Crippen molar-refractivity contribution in [3.05, 3.63) is 42.5 Å². The maximum absolute atomic E-state index is 12.8. The van der Waals surface area contributed by atoms with Gasteiger partial charge in [-0.3, -0.25) is 14.5 Å². The highest BCUT2D eigenvalue weighted by Crippen LogP contribution is 2.31. The van der Waals surface area contributed by atoms with E-state index in [4.69, 9.17) is 0 Å². The molecule has 2 aromatic carbocycles. The summed E-state index contributed by atoms with van der Waals surface area (Å²) in [6, 6.07) is 12.4. The molecule has 1 saturated heterocycles. The number of anilines is 1. The maximum atomic E-state index is 12.8. The maximum Gasteiger partial charge on any atom is 0.339 e. The van der Waals surface area contributed by atoms with Crippen molar-refractivity contribution < 1.29 is 14.4 Å². The first kappa shape index (κ1) is 14.9. The van der Waals surface area contributed by atoms with Crippen molar-refractivity contribution >= 4 is 34.3 Å². The Balaban J connectivity index is 1.70. The molecule has 2 aromatic rings. The second-order valence-electron chi connectivity index (χ2n) is 6.42. The molecule has 24 heavy (non-hydrogen) atoms. The molecule has 4 amide bonds. The summed E-state index contributed by atoms with van der Waals surface area (Å²) in [5.74, 6) is -1.44. The van der Waals surface area contributed by atoms with Gasteiger partial charge >= 0.3 is 17.8 Å². The molecule has 1 aliphatic carbocycles. The monoisotopic (exact) mass is 322 g/mol. The molecule has 4 rings (SSSR count). The molecule has 5 nitrogen and oxygen atoms in total. The summed E-state index contributed by atoms with van der Waals surface area (Å²) >= 11 is 0. The fourth-order valence-electron chi connectivity index (χ4n) is 3.68. The second kappa shape index (κ2) is 5.74. The fraction of sp³-hybridized carbons (Fsp3) is 0.316. The van der Waals surface area contributed by atoms with Crippen LogP contribution in [0.3, 0.4) is 0 Å². The second-order valence-corrected chi connectivity index (χ2v) is 6.42. The van der Waals surface area contributed by atoms with Gasteiger partial charge in [-0.1, -0.05) is 49.6 Å². The lowest BCUT2D eigenvalue weighted by atomic mass is 9.94. The van der Waals surface area contributed by atoms with Crippen LogP contribution in [-0.4, -0.2) is 28.8 Å². The van der Waals surface area contributed by atoms with E-state index < -0.39 is 17.8 Å². The standard InChI is InChI=1S/C19H18N2O3/c22-17-18(23)21(19(24)20(17)15-8-2-1-3-9-15)16-11-10-13-6-4-5-7-14(13)12-16/h4-7,10-12,15H,1-3,8-9H2. The summed E-state index contributed by atoms with van der Waals surface area (Å²) in [6.07, 6.45) is 4.68. The van der Waals surface area contributed by atoms with Gasteiger partial charge < -0.3 is 0 Å². The molecule has 2 fully saturated rings. The number of urea groups is 1. The van der Waals surface area contributed by atoms with Gasteiger partial charge in [-0.2, -0.15) is 0 Å². The van der Waals surface area contributed by atoms with E-state index in [-0.39, 0.29) is 6.04 Å². The van der Waals surface area contributed by atoms with Gasteiger partial charge in [0.25, 0.3) is 0 Å². The zero-order chi connectivity index (χ0) is 16.7. The molecule has 122 valence electrons. The smallest absolute Gasteiger partial charge is 0.263 e. The normalized spacial score (nSPS) is 19.6. The predicted molar refractivity (Wildman–Crippen MR) is 90.5 cm³/mol. The van der Waals surface area contributed by atoms with Gasteiger partial charge in [0.05, 0.1) is 5.69 Å². The molecule has 5 heteroatoms. The van der Waals surface area contributed by atoms with Crippen molar-refractivity contribution in [3.8, 4) is 0 Å². The minimum Gasteiger partial charge on any atom is -0.263 e. The number of carbonyl (C=O) groups excluding carboxylic acids is 3. The Hall–Kier alpha value is -2.69. The number of fused-ring (bicyclic) bond motifs is 1. The van der Waals surface area contributed by atoms with E-state index in [9.17, 15) is 14.4 Å². The lowest BCUT2D eigenvalue weighted by Crippen LogP contribution is -2.42. The quantitative estimate of drug-likeness (QED) is 0.628. The van der Waals surface area contributed by atoms with Gasteiger partial charge in [-0.15, -0.1) is 0 Å². The molecule has 0 spiro atoms. The molecular formula is C19H18N2O3. The first-order valence-corrected chi connectivity index (χ1v) is 8.37. The lowest BCUT2D eigenvalue weighted by molar-refractivity contribution is -0.140. The Kier molecular flexibility index (Phi) is 3.56. The van der Waals surface area contributed by atoms with Crippen LogP contribution in [0.5, 0.6) is 0 Å². The number of hydrogen-bond donors (Lipinski definition) is 0.